The first-order valence-electron chi connectivity index (χ1n) is 7.22. The van der Waals surface area contributed by atoms with E-state index in [0.717, 1.165) is 5.56 Å². The SMILES string of the molecule is NC(=O)c1cccc(NC(=O)c2cncc(-c3ccccc3)n2)c1. The van der Waals surface area contributed by atoms with Gasteiger partial charge >= 0.3 is 0 Å². The van der Waals surface area contributed by atoms with Gasteiger partial charge in [-0.3, -0.25) is 14.6 Å². The van der Waals surface area contributed by atoms with Gasteiger partial charge in [-0.2, -0.15) is 0 Å². The molecule has 6 nitrogen and oxygen atoms in total. The maximum atomic E-state index is 12.3. The van der Waals surface area contributed by atoms with E-state index in [1.54, 1.807) is 24.4 Å². The molecule has 0 unspecified atom stereocenters. The lowest BCUT2D eigenvalue weighted by molar-refractivity contribution is 0.0995. The average molecular weight is 318 g/mol. The van der Waals surface area contributed by atoms with Gasteiger partial charge in [0, 0.05) is 16.8 Å². The molecule has 3 rings (SSSR count). The Kier molecular flexibility index (Phi) is 4.29. The molecule has 3 N–H and O–H groups in total. The van der Waals surface area contributed by atoms with E-state index < -0.39 is 11.8 Å². The number of nitrogens with two attached hydrogens (primary N) is 1. The van der Waals surface area contributed by atoms with E-state index in [0.29, 0.717) is 16.9 Å². The maximum absolute atomic E-state index is 12.3. The van der Waals surface area contributed by atoms with Crippen molar-refractivity contribution < 1.29 is 9.59 Å². The van der Waals surface area contributed by atoms with Crippen molar-refractivity contribution in [2.24, 2.45) is 5.73 Å². The van der Waals surface area contributed by atoms with Crippen molar-refractivity contribution in [2.45, 2.75) is 0 Å². The molecule has 0 spiro atoms. The second-order valence-corrected chi connectivity index (χ2v) is 5.05. The fourth-order valence-electron chi connectivity index (χ4n) is 2.17. The number of rotatable bonds is 4. The van der Waals surface area contributed by atoms with E-state index in [9.17, 15) is 9.59 Å². The summed E-state index contributed by atoms with van der Waals surface area (Å²) in [5.41, 5.74) is 7.67. The van der Waals surface area contributed by atoms with Crippen LogP contribution in [0.2, 0.25) is 0 Å². The van der Waals surface area contributed by atoms with Crippen LogP contribution in [-0.2, 0) is 0 Å². The molecule has 0 aliphatic heterocycles. The van der Waals surface area contributed by atoms with Gasteiger partial charge in [-0.1, -0.05) is 36.4 Å². The average Bonchev–Trinajstić information content (AvgIpc) is 2.63. The van der Waals surface area contributed by atoms with Gasteiger partial charge in [0.05, 0.1) is 18.1 Å². The van der Waals surface area contributed by atoms with Gasteiger partial charge in [-0.25, -0.2) is 4.98 Å². The van der Waals surface area contributed by atoms with Crippen molar-refractivity contribution in [3.05, 3.63) is 78.2 Å². The van der Waals surface area contributed by atoms with E-state index in [1.165, 1.54) is 12.3 Å². The first kappa shape index (κ1) is 15.4. The number of anilines is 1. The van der Waals surface area contributed by atoms with Crippen LogP contribution in [0, 0.1) is 0 Å². The van der Waals surface area contributed by atoms with Crippen LogP contribution in [0.15, 0.2) is 67.0 Å². The Bertz CT molecular complexity index is 894. The number of carbonyl (C=O) groups is 2. The largest absolute Gasteiger partial charge is 0.366 e. The normalized spacial score (nSPS) is 10.2. The van der Waals surface area contributed by atoms with E-state index in [2.05, 4.69) is 15.3 Å². The summed E-state index contributed by atoms with van der Waals surface area (Å²) in [6.07, 6.45) is 2.99. The molecule has 1 heterocycles. The first-order valence-corrected chi connectivity index (χ1v) is 7.22. The number of primary amides is 1. The van der Waals surface area contributed by atoms with Crippen LogP contribution in [0.5, 0.6) is 0 Å². The lowest BCUT2D eigenvalue weighted by Crippen LogP contribution is -2.16. The summed E-state index contributed by atoms with van der Waals surface area (Å²) in [5.74, 6) is -0.973. The van der Waals surface area contributed by atoms with Gasteiger partial charge in [-0.15, -0.1) is 0 Å². The van der Waals surface area contributed by atoms with Crippen LogP contribution >= 0.6 is 0 Å². The summed E-state index contributed by atoms with van der Waals surface area (Å²) >= 11 is 0. The number of benzene rings is 2. The monoisotopic (exact) mass is 318 g/mol. The zero-order chi connectivity index (χ0) is 16.9. The van der Waals surface area contributed by atoms with E-state index in [-0.39, 0.29) is 5.69 Å². The van der Waals surface area contributed by atoms with Gasteiger partial charge < -0.3 is 11.1 Å². The molecule has 2 amide bonds. The van der Waals surface area contributed by atoms with Crippen molar-refractivity contribution in [3.8, 4) is 11.3 Å². The van der Waals surface area contributed by atoms with Crippen molar-refractivity contribution in [3.63, 3.8) is 0 Å². The Labute approximate surface area is 138 Å². The summed E-state index contributed by atoms with van der Waals surface area (Å²) in [6, 6.07) is 15.9. The van der Waals surface area contributed by atoms with Crippen LogP contribution in [0.1, 0.15) is 20.8 Å². The molecule has 0 atom stereocenters. The molecule has 0 aliphatic rings. The smallest absolute Gasteiger partial charge is 0.275 e. The van der Waals surface area contributed by atoms with Gasteiger partial charge in [0.15, 0.2) is 0 Å². The molecule has 118 valence electrons. The van der Waals surface area contributed by atoms with Crippen LogP contribution in [0.3, 0.4) is 0 Å². The molecule has 0 aliphatic carbocycles. The third-order valence-electron chi connectivity index (χ3n) is 3.34. The summed E-state index contributed by atoms with van der Waals surface area (Å²) in [6.45, 7) is 0. The highest BCUT2D eigenvalue weighted by atomic mass is 16.2. The fraction of sp³-hybridized carbons (Fsp3) is 0. The first-order chi connectivity index (χ1) is 11.6. The number of nitrogens with one attached hydrogen (secondary N) is 1. The van der Waals surface area contributed by atoms with Crippen LogP contribution in [0.4, 0.5) is 5.69 Å². The third kappa shape index (κ3) is 3.44. The van der Waals surface area contributed by atoms with Crippen LogP contribution in [-0.4, -0.2) is 21.8 Å². The fourth-order valence-corrected chi connectivity index (χ4v) is 2.17. The molecule has 0 bridgehead atoms. The zero-order valence-electron chi connectivity index (χ0n) is 12.6. The molecule has 0 radical (unpaired) electrons. The molecular weight excluding hydrogens is 304 g/mol. The predicted molar refractivity (Wildman–Crippen MR) is 90.4 cm³/mol. The van der Waals surface area contributed by atoms with Crippen molar-refractivity contribution in [2.75, 3.05) is 5.32 Å². The molecule has 0 saturated carbocycles. The molecule has 0 saturated heterocycles. The Hall–Kier alpha value is -3.54. The summed E-state index contributed by atoms with van der Waals surface area (Å²) in [5, 5.41) is 2.68. The molecule has 0 fully saturated rings. The minimum Gasteiger partial charge on any atom is -0.366 e. The highest BCUT2D eigenvalue weighted by molar-refractivity contribution is 6.03. The summed E-state index contributed by atoms with van der Waals surface area (Å²) in [7, 11) is 0. The minimum absolute atomic E-state index is 0.181. The lowest BCUT2D eigenvalue weighted by atomic mass is 10.1. The number of carbonyl (C=O) groups excluding carboxylic acids is 2. The molecule has 3 aromatic rings. The number of hydrogen-bond donors (Lipinski definition) is 2. The molecule has 1 aromatic heterocycles. The summed E-state index contributed by atoms with van der Waals surface area (Å²) < 4.78 is 0. The Morgan fingerprint density at radius 2 is 1.75 bits per heavy atom. The third-order valence-corrected chi connectivity index (χ3v) is 3.34. The molecular formula is C18H14N4O2. The lowest BCUT2D eigenvalue weighted by Gasteiger charge is -2.07. The number of aromatic nitrogens is 2. The maximum Gasteiger partial charge on any atom is 0.275 e. The van der Waals surface area contributed by atoms with Crippen LogP contribution < -0.4 is 11.1 Å². The highest BCUT2D eigenvalue weighted by Crippen LogP contribution is 2.16. The van der Waals surface area contributed by atoms with E-state index in [1.807, 2.05) is 30.3 Å². The number of hydrogen-bond acceptors (Lipinski definition) is 4. The van der Waals surface area contributed by atoms with Crippen molar-refractivity contribution in [1.82, 2.24) is 9.97 Å². The second-order valence-electron chi connectivity index (χ2n) is 5.05. The standard InChI is InChI=1S/C18H14N4O2/c19-17(23)13-7-4-8-14(9-13)21-18(24)16-11-20-10-15(22-16)12-5-2-1-3-6-12/h1-11H,(H2,19,23)(H,21,24). The highest BCUT2D eigenvalue weighted by Gasteiger charge is 2.11. The van der Waals surface area contributed by atoms with Gasteiger partial charge in [0.25, 0.3) is 5.91 Å². The topological polar surface area (TPSA) is 98.0 Å². The van der Waals surface area contributed by atoms with E-state index >= 15 is 0 Å². The zero-order valence-corrected chi connectivity index (χ0v) is 12.6. The van der Waals surface area contributed by atoms with Crippen molar-refractivity contribution >= 4 is 17.5 Å². The van der Waals surface area contributed by atoms with Crippen molar-refractivity contribution in [1.29, 1.82) is 0 Å². The Balaban J connectivity index is 1.83. The number of amides is 2. The Morgan fingerprint density at radius 1 is 0.958 bits per heavy atom. The second kappa shape index (κ2) is 6.70. The molecule has 24 heavy (non-hydrogen) atoms. The Morgan fingerprint density at radius 3 is 2.50 bits per heavy atom. The molecule has 6 heteroatoms. The minimum atomic E-state index is -0.558. The van der Waals surface area contributed by atoms with Gasteiger partial charge in [0.1, 0.15) is 5.69 Å². The van der Waals surface area contributed by atoms with Gasteiger partial charge in [-0.05, 0) is 18.2 Å². The summed E-state index contributed by atoms with van der Waals surface area (Å²) in [4.78, 5) is 31.9. The van der Waals surface area contributed by atoms with Gasteiger partial charge in [0.2, 0.25) is 5.91 Å². The van der Waals surface area contributed by atoms with Crippen LogP contribution in [0.25, 0.3) is 11.3 Å². The molecule has 2 aromatic carbocycles. The van der Waals surface area contributed by atoms with E-state index in [4.69, 9.17) is 5.73 Å². The number of nitrogens with zero attached hydrogens (tertiary/aromatic N) is 2. The predicted octanol–water partition coefficient (Wildman–Crippen LogP) is 2.49. The quantitative estimate of drug-likeness (QED) is 0.772.